The van der Waals surface area contributed by atoms with Gasteiger partial charge in [0.25, 0.3) is 0 Å². The van der Waals surface area contributed by atoms with E-state index in [2.05, 4.69) is 0 Å². The molecule has 0 fully saturated rings. The van der Waals surface area contributed by atoms with Crippen molar-refractivity contribution in [3.8, 4) is 0 Å². The molecule has 0 saturated heterocycles. The van der Waals surface area contributed by atoms with Crippen LogP contribution in [0.1, 0.15) is 25.7 Å². The van der Waals surface area contributed by atoms with E-state index in [0.29, 0.717) is 19.3 Å². The third kappa shape index (κ3) is 12.1. The van der Waals surface area contributed by atoms with E-state index < -0.39 is 12.1 Å². The average Bonchev–Trinajstić information content (AvgIpc) is 2.44. The van der Waals surface area contributed by atoms with Gasteiger partial charge >= 0.3 is 11.9 Å². The van der Waals surface area contributed by atoms with Crippen LogP contribution in [-0.4, -0.2) is 50.2 Å². The second kappa shape index (κ2) is 13.1. The zero-order valence-electron chi connectivity index (χ0n) is 13.4. The highest BCUT2D eigenvalue weighted by molar-refractivity contribution is 5.72. The van der Waals surface area contributed by atoms with Crippen LogP contribution in [0.3, 0.4) is 0 Å². The van der Waals surface area contributed by atoms with Crippen LogP contribution in [0.5, 0.6) is 0 Å². The van der Waals surface area contributed by atoms with Gasteiger partial charge in [-0.2, -0.15) is 0 Å². The van der Waals surface area contributed by atoms with E-state index in [1.165, 1.54) is 18.2 Å². The van der Waals surface area contributed by atoms with Crippen LogP contribution < -0.4 is 0 Å². The van der Waals surface area contributed by atoms with Gasteiger partial charge in [-0.1, -0.05) is 24.3 Å². The fourth-order valence-corrected chi connectivity index (χ4v) is 1.63. The Morgan fingerprint density at radius 3 is 2.41 bits per heavy atom. The number of carbonyl (C=O) groups is 2. The number of rotatable bonds is 11. The van der Waals surface area contributed by atoms with Crippen molar-refractivity contribution in [2.45, 2.75) is 31.8 Å². The molecule has 0 aliphatic heterocycles. The molecule has 5 heteroatoms. The SMILES string of the molecule is [CH]/C=C\COC(=O)CC(C/C=C\[CH])OC(=O)CCCN(C)C. The minimum absolute atomic E-state index is 0.0117. The molecule has 0 aliphatic rings. The van der Waals surface area contributed by atoms with Crippen LogP contribution >= 0.6 is 0 Å². The van der Waals surface area contributed by atoms with Crippen LogP contribution in [0.15, 0.2) is 24.3 Å². The normalized spacial score (nSPS) is 13.0. The molecule has 0 aromatic heterocycles. The number of ether oxygens (including phenoxy) is 2. The summed E-state index contributed by atoms with van der Waals surface area (Å²) in [5.74, 6) is -0.776. The number of hydrogen-bond donors (Lipinski definition) is 0. The van der Waals surface area contributed by atoms with Gasteiger partial charge in [-0.05, 0) is 40.9 Å². The first-order valence-electron chi connectivity index (χ1n) is 7.22. The van der Waals surface area contributed by atoms with Gasteiger partial charge < -0.3 is 14.4 Å². The first kappa shape index (κ1) is 20.4. The maximum atomic E-state index is 11.8. The summed E-state index contributed by atoms with van der Waals surface area (Å²) in [5.41, 5.74) is 0. The Hall–Kier alpha value is -1.62. The van der Waals surface area contributed by atoms with Crippen LogP contribution in [0.4, 0.5) is 0 Å². The molecule has 5 nitrogen and oxygen atoms in total. The summed E-state index contributed by atoms with van der Waals surface area (Å²) in [6.45, 7) is 11.3. The van der Waals surface area contributed by atoms with Crippen LogP contribution in [0.2, 0.25) is 0 Å². The number of nitrogens with zero attached hydrogens (tertiary/aromatic N) is 1. The summed E-state index contributed by atoms with van der Waals surface area (Å²) in [7, 11) is 3.87. The quantitative estimate of drug-likeness (QED) is 0.547. The molecule has 0 rings (SSSR count). The van der Waals surface area contributed by atoms with Gasteiger partial charge in [-0.3, -0.25) is 9.59 Å². The third-order valence-electron chi connectivity index (χ3n) is 2.69. The van der Waals surface area contributed by atoms with Crippen molar-refractivity contribution in [3.05, 3.63) is 38.2 Å². The fraction of sp³-hybridized carbons (Fsp3) is 0.529. The van der Waals surface area contributed by atoms with Crippen LogP contribution in [-0.2, 0) is 19.1 Å². The molecule has 122 valence electrons. The van der Waals surface area contributed by atoms with Gasteiger partial charge in [0, 0.05) is 12.8 Å². The highest BCUT2D eigenvalue weighted by Gasteiger charge is 2.18. The molecule has 0 N–H and O–H groups in total. The third-order valence-corrected chi connectivity index (χ3v) is 2.69. The van der Waals surface area contributed by atoms with Crippen molar-refractivity contribution < 1.29 is 19.1 Å². The lowest BCUT2D eigenvalue weighted by Crippen LogP contribution is -2.23. The van der Waals surface area contributed by atoms with Crippen molar-refractivity contribution >= 4 is 11.9 Å². The average molecular weight is 307 g/mol. The molecule has 1 unspecified atom stereocenters. The molecule has 1 atom stereocenters. The number of carbonyl (C=O) groups excluding carboxylic acids is 2. The summed E-state index contributed by atoms with van der Waals surface area (Å²) >= 11 is 0. The smallest absolute Gasteiger partial charge is 0.309 e. The second-order valence-corrected chi connectivity index (χ2v) is 5.00. The maximum Gasteiger partial charge on any atom is 0.309 e. The van der Waals surface area contributed by atoms with E-state index >= 15 is 0 Å². The molecular formula is C17H25NO4. The van der Waals surface area contributed by atoms with Crippen molar-refractivity contribution in [3.63, 3.8) is 0 Å². The minimum Gasteiger partial charge on any atom is -0.461 e. The Morgan fingerprint density at radius 2 is 1.82 bits per heavy atom. The topological polar surface area (TPSA) is 55.8 Å². The highest BCUT2D eigenvalue weighted by atomic mass is 16.6. The highest BCUT2D eigenvalue weighted by Crippen LogP contribution is 2.09. The van der Waals surface area contributed by atoms with Gasteiger partial charge in [0.05, 0.1) is 6.42 Å². The number of allylic oxidation sites excluding steroid dienone is 2. The Bertz CT molecular complexity index is 375. The molecule has 22 heavy (non-hydrogen) atoms. The van der Waals surface area contributed by atoms with E-state index in [0.717, 1.165) is 6.54 Å². The van der Waals surface area contributed by atoms with Crippen LogP contribution in [0, 0.1) is 13.8 Å². The van der Waals surface area contributed by atoms with Crippen molar-refractivity contribution in [2.24, 2.45) is 0 Å². The number of esters is 2. The first-order chi connectivity index (χ1) is 10.5. The fourth-order valence-electron chi connectivity index (χ4n) is 1.63. The van der Waals surface area contributed by atoms with Gasteiger partial charge in [0.1, 0.15) is 12.7 Å². The van der Waals surface area contributed by atoms with E-state index in [-0.39, 0.29) is 19.0 Å². The lowest BCUT2D eigenvalue weighted by atomic mass is 10.1. The summed E-state index contributed by atoms with van der Waals surface area (Å²) in [6.07, 6.45) is 6.62. The largest absolute Gasteiger partial charge is 0.461 e. The summed E-state index contributed by atoms with van der Waals surface area (Å²) in [6, 6.07) is 0. The molecule has 0 amide bonds. The van der Waals surface area contributed by atoms with Gasteiger partial charge in [0.15, 0.2) is 0 Å². The predicted molar refractivity (Wildman–Crippen MR) is 84.7 cm³/mol. The van der Waals surface area contributed by atoms with Gasteiger partial charge in [-0.25, -0.2) is 0 Å². The van der Waals surface area contributed by atoms with Crippen LogP contribution in [0.25, 0.3) is 0 Å². The molecule has 0 aromatic carbocycles. The maximum absolute atomic E-state index is 11.8. The summed E-state index contributed by atoms with van der Waals surface area (Å²) < 4.78 is 10.2. The number of hydrogen-bond acceptors (Lipinski definition) is 5. The summed E-state index contributed by atoms with van der Waals surface area (Å²) in [5, 5.41) is 0. The van der Waals surface area contributed by atoms with Gasteiger partial charge in [-0.15, -0.1) is 0 Å². The Labute approximate surface area is 134 Å². The lowest BCUT2D eigenvalue weighted by molar-refractivity contribution is -0.154. The zero-order chi connectivity index (χ0) is 16.8. The van der Waals surface area contributed by atoms with E-state index in [9.17, 15) is 9.59 Å². The van der Waals surface area contributed by atoms with E-state index in [4.69, 9.17) is 23.3 Å². The van der Waals surface area contributed by atoms with E-state index in [1.54, 1.807) is 6.08 Å². The standard InChI is InChI=1S/C17H25NO4/c1-5-7-10-15(14-17(20)21-13-8-6-2)22-16(19)11-9-12-18(3)4/h1-2,5-8,15H,9-14H2,3-4H3/b7-5-,8-6-. The monoisotopic (exact) mass is 307 g/mol. The molecule has 0 saturated carbocycles. The minimum atomic E-state index is -0.569. The second-order valence-electron chi connectivity index (χ2n) is 5.00. The lowest BCUT2D eigenvalue weighted by Gasteiger charge is -2.16. The Balaban J connectivity index is 4.25. The summed E-state index contributed by atoms with van der Waals surface area (Å²) in [4.78, 5) is 25.4. The van der Waals surface area contributed by atoms with Gasteiger partial charge in [0.2, 0.25) is 0 Å². The molecule has 0 aliphatic carbocycles. The molecule has 0 aromatic rings. The Kier molecular flexibility index (Phi) is 12.1. The predicted octanol–water partition coefficient (Wildman–Crippen LogP) is 2.10. The first-order valence-corrected chi connectivity index (χ1v) is 7.22. The molecule has 0 spiro atoms. The Morgan fingerprint density at radius 1 is 1.14 bits per heavy atom. The van der Waals surface area contributed by atoms with Crippen molar-refractivity contribution in [1.82, 2.24) is 4.90 Å². The van der Waals surface area contributed by atoms with Crippen molar-refractivity contribution in [2.75, 3.05) is 27.2 Å². The van der Waals surface area contributed by atoms with E-state index in [1.807, 2.05) is 19.0 Å². The molecular weight excluding hydrogens is 282 g/mol. The molecule has 0 bridgehead atoms. The van der Waals surface area contributed by atoms with Crippen molar-refractivity contribution in [1.29, 1.82) is 0 Å². The zero-order valence-corrected chi connectivity index (χ0v) is 13.4. The molecule has 0 heterocycles. The molecule has 4 radical (unpaired) electrons.